The molecule has 0 N–H and O–H groups in total. The summed E-state index contributed by atoms with van der Waals surface area (Å²) in [6.45, 7) is 1.95. The highest BCUT2D eigenvalue weighted by Gasteiger charge is 2.49. The van der Waals surface area contributed by atoms with Crippen LogP contribution >= 0.6 is 0 Å². The molecule has 0 radical (unpaired) electrons. The number of likely N-dealkylation sites (N-methyl/N-ethyl adjacent to an activating group) is 1. The van der Waals surface area contributed by atoms with Gasteiger partial charge in [0.05, 0.1) is 0 Å². The fourth-order valence-corrected chi connectivity index (χ4v) is 3.75. The van der Waals surface area contributed by atoms with Crippen LogP contribution in [0.5, 0.6) is 0 Å². The summed E-state index contributed by atoms with van der Waals surface area (Å²) in [6.07, 6.45) is 6.20. The Labute approximate surface area is 104 Å². The van der Waals surface area contributed by atoms with Crippen molar-refractivity contribution in [3.8, 4) is 0 Å². The van der Waals surface area contributed by atoms with E-state index in [1.165, 1.54) is 32.1 Å². The highest BCUT2D eigenvalue weighted by Crippen LogP contribution is 2.54. The zero-order chi connectivity index (χ0) is 12.0. The molecule has 17 heavy (non-hydrogen) atoms. The van der Waals surface area contributed by atoms with Gasteiger partial charge in [-0.15, -0.1) is 0 Å². The van der Waals surface area contributed by atoms with Crippen molar-refractivity contribution in [3.63, 3.8) is 0 Å². The molecular weight excluding hydrogens is 212 g/mol. The largest absolute Gasteiger partial charge is 0.341 e. The Morgan fingerprint density at radius 3 is 2.53 bits per heavy atom. The molecule has 2 aliphatic carbocycles. The van der Waals surface area contributed by atoms with E-state index in [1.807, 2.05) is 0 Å². The first-order valence-electron chi connectivity index (χ1n) is 7.10. The standard InChI is InChI=1S/C14H24N2O/c1-15(2)13-4-3-5-16(9-13)14(17)12-7-10-6-11(10)8-12/h10-13H,3-9H2,1-2H3. The van der Waals surface area contributed by atoms with E-state index in [-0.39, 0.29) is 0 Å². The Hall–Kier alpha value is -0.570. The molecule has 96 valence electrons. The van der Waals surface area contributed by atoms with Crippen LogP contribution in [0, 0.1) is 17.8 Å². The summed E-state index contributed by atoms with van der Waals surface area (Å²) in [5.41, 5.74) is 0. The second-order valence-electron chi connectivity index (χ2n) is 6.47. The van der Waals surface area contributed by atoms with Crippen molar-refractivity contribution in [2.45, 2.75) is 38.1 Å². The number of fused-ring (bicyclic) bond motifs is 1. The summed E-state index contributed by atoms with van der Waals surface area (Å²) < 4.78 is 0. The van der Waals surface area contributed by atoms with Gasteiger partial charge in [0, 0.05) is 25.0 Å². The Balaban J connectivity index is 1.57. The summed E-state index contributed by atoms with van der Waals surface area (Å²) >= 11 is 0. The number of hydrogen-bond donors (Lipinski definition) is 0. The number of likely N-dealkylation sites (tertiary alicyclic amines) is 1. The fraction of sp³-hybridized carbons (Fsp3) is 0.929. The van der Waals surface area contributed by atoms with Gasteiger partial charge in [0.2, 0.25) is 5.91 Å². The molecule has 3 aliphatic rings. The third-order valence-corrected chi connectivity index (χ3v) is 5.03. The summed E-state index contributed by atoms with van der Waals surface area (Å²) in [6, 6.07) is 0.573. The van der Waals surface area contributed by atoms with Gasteiger partial charge in [-0.25, -0.2) is 0 Å². The van der Waals surface area contributed by atoms with E-state index in [0.717, 1.165) is 24.9 Å². The summed E-state index contributed by atoms with van der Waals surface area (Å²) in [7, 11) is 4.26. The lowest BCUT2D eigenvalue weighted by molar-refractivity contribution is -0.137. The minimum absolute atomic E-state index is 0.375. The Morgan fingerprint density at radius 1 is 1.18 bits per heavy atom. The van der Waals surface area contributed by atoms with Gasteiger partial charge >= 0.3 is 0 Å². The summed E-state index contributed by atoms with van der Waals surface area (Å²) in [5.74, 6) is 2.67. The maximum absolute atomic E-state index is 12.4. The number of rotatable bonds is 2. The molecule has 3 rings (SSSR count). The molecule has 3 heteroatoms. The maximum atomic E-state index is 12.4. The summed E-state index contributed by atoms with van der Waals surface area (Å²) in [4.78, 5) is 16.9. The average molecular weight is 236 g/mol. The predicted molar refractivity (Wildman–Crippen MR) is 67.6 cm³/mol. The van der Waals surface area contributed by atoms with Crippen molar-refractivity contribution in [1.29, 1.82) is 0 Å². The molecule has 0 aromatic carbocycles. The molecule has 0 aromatic rings. The molecule has 3 nitrogen and oxygen atoms in total. The highest BCUT2D eigenvalue weighted by molar-refractivity contribution is 5.79. The van der Waals surface area contributed by atoms with Crippen LogP contribution in [0.15, 0.2) is 0 Å². The van der Waals surface area contributed by atoms with Gasteiger partial charge in [0.1, 0.15) is 0 Å². The minimum atomic E-state index is 0.375. The number of amides is 1. The van der Waals surface area contributed by atoms with Crippen LogP contribution in [0.2, 0.25) is 0 Å². The number of carbonyl (C=O) groups is 1. The van der Waals surface area contributed by atoms with Crippen LogP contribution in [0.4, 0.5) is 0 Å². The van der Waals surface area contributed by atoms with Crippen molar-refractivity contribution >= 4 is 5.91 Å². The molecule has 3 fully saturated rings. The maximum Gasteiger partial charge on any atom is 0.225 e. The number of carbonyl (C=O) groups excluding carboxylic acids is 1. The zero-order valence-corrected chi connectivity index (χ0v) is 11.1. The van der Waals surface area contributed by atoms with Gasteiger partial charge in [-0.2, -0.15) is 0 Å². The molecule has 3 atom stereocenters. The third-order valence-electron chi connectivity index (χ3n) is 5.03. The monoisotopic (exact) mass is 236 g/mol. The van der Waals surface area contributed by atoms with Crippen molar-refractivity contribution in [2.75, 3.05) is 27.2 Å². The number of piperidine rings is 1. The summed E-state index contributed by atoms with van der Waals surface area (Å²) in [5, 5.41) is 0. The minimum Gasteiger partial charge on any atom is -0.341 e. The molecule has 0 spiro atoms. The molecule has 2 saturated carbocycles. The first-order valence-corrected chi connectivity index (χ1v) is 7.10. The van der Waals surface area contributed by atoms with Gasteiger partial charge in [-0.05, 0) is 58.0 Å². The molecule has 1 heterocycles. The SMILES string of the molecule is CN(C)C1CCCN(C(=O)C2CC3CC3C2)C1. The van der Waals surface area contributed by atoms with E-state index in [9.17, 15) is 4.79 Å². The van der Waals surface area contributed by atoms with E-state index in [2.05, 4.69) is 23.9 Å². The lowest BCUT2D eigenvalue weighted by Gasteiger charge is -2.37. The van der Waals surface area contributed by atoms with E-state index in [4.69, 9.17) is 0 Å². The molecule has 0 bridgehead atoms. The predicted octanol–water partition coefficient (Wildman–Crippen LogP) is 1.59. The van der Waals surface area contributed by atoms with E-state index in [0.29, 0.717) is 17.9 Å². The fourth-order valence-electron chi connectivity index (χ4n) is 3.75. The topological polar surface area (TPSA) is 23.6 Å². The van der Waals surface area contributed by atoms with E-state index in [1.54, 1.807) is 0 Å². The molecule has 3 unspecified atom stereocenters. The van der Waals surface area contributed by atoms with Crippen molar-refractivity contribution in [1.82, 2.24) is 9.80 Å². The normalized spacial score (nSPS) is 40.5. The van der Waals surface area contributed by atoms with Gasteiger partial charge in [-0.1, -0.05) is 0 Å². The lowest BCUT2D eigenvalue weighted by atomic mass is 9.98. The number of hydrogen-bond acceptors (Lipinski definition) is 2. The second kappa shape index (κ2) is 4.27. The second-order valence-corrected chi connectivity index (χ2v) is 6.47. The molecular formula is C14H24N2O. The van der Waals surface area contributed by atoms with Crippen LogP contribution in [-0.4, -0.2) is 48.9 Å². The molecule has 0 aromatic heterocycles. The van der Waals surface area contributed by atoms with E-state index < -0.39 is 0 Å². The van der Waals surface area contributed by atoms with Gasteiger partial charge in [-0.3, -0.25) is 4.79 Å². The smallest absolute Gasteiger partial charge is 0.225 e. The van der Waals surface area contributed by atoms with Crippen LogP contribution in [0.25, 0.3) is 0 Å². The van der Waals surface area contributed by atoms with Crippen LogP contribution in [0.1, 0.15) is 32.1 Å². The Morgan fingerprint density at radius 2 is 1.88 bits per heavy atom. The first kappa shape index (κ1) is 11.5. The van der Waals surface area contributed by atoms with Crippen molar-refractivity contribution in [2.24, 2.45) is 17.8 Å². The quantitative estimate of drug-likeness (QED) is 0.727. The van der Waals surface area contributed by atoms with Crippen LogP contribution < -0.4 is 0 Å². The lowest BCUT2D eigenvalue weighted by Crippen LogP contribution is -2.49. The van der Waals surface area contributed by atoms with E-state index >= 15 is 0 Å². The van der Waals surface area contributed by atoms with Gasteiger partial charge < -0.3 is 9.80 Å². The third kappa shape index (κ3) is 2.22. The molecule has 1 saturated heterocycles. The Bertz CT molecular complexity index is 305. The average Bonchev–Trinajstić information content (AvgIpc) is 2.95. The van der Waals surface area contributed by atoms with Gasteiger partial charge in [0.15, 0.2) is 0 Å². The van der Waals surface area contributed by atoms with Crippen molar-refractivity contribution < 1.29 is 4.79 Å². The molecule has 1 aliphatic heterocycles. The zero-order valence-electron chi connectivity index (χ0n) is 11.1. The molecule has 1 amide bonds. The van der Waals surface area contributed by atoms with Crippen LogP contribution in [-0.2, 0) is 4.79 Å². The highest BCUT2D eigenvalue weighted by atomic mass is 16.2. The van der Waals surface area contributed by atoms with Gasteiger partial charge in [0.25, 0.3) is 0 Å². The number of nitrogens with zero attached hydrogens (tertiary/aromatic N) is 2. The van der Waals surface area contributed by atoms with Crippen LogP contribution in [0.3, 0.4) is 0 Å². The first-order chi connectivity index (χ1) is 8.15. The Kier molecular flexibility index (Phi) is 2.89. The van der Waals surface area contributed by atoms with Crippen molar-refractivity contribution in [3.05, 3.63) is 0 Å².